The van der Waals surface area contributed by atoms with Gasteiger partial charge in [-0.3, -0.25) is 0 Å². The van der Waals surface area contributed by atoms with Crippen LogP contribution in [0.4, 0.5) is 11.4 Å². The summed E-state index contributed by atoms with van der Waals surface area (Å²) < 4.78 is 0. The molecule has 0 bridgehead atoms. The number of rotatable bonds is 6. The van der Waals surface area contributed by atoms with Crippen molar-refractivity contribution in [2.45, 2.75) is 65.7 Å². The van der Waals surface area contributed by atoms with Crippen molar-refractivity contribution in [3.8, 4) is 0 Å². The summed E-state index contributed by atoms with van der Waals surface area (Å²) in [6.07, 6.45) is 7.46. The predicted octanol–water partition coefficient (Wildman–Crippen LogP) is 5.72. The van der Waals surface area contributed by atoms with E-state index in [2.05, 4.69) is 68.7 Å². The summed E-state index contributed by atoms with van der Waals surface area (Å²) in [6, 6.07) is 6.93. The van der Waals surface area contributed by atoms with Crippen LogP contribution in [0, 0.1) is 5.92 Å². The van der Waals surface area contributed by atoms with E-state index in [1.54, 1.807) is 5.56 Å². The van der Waals surface area contributed by atoms with E-state index in [0.717, 1.165) is 12.6 Å². The zero-order chi connectivity index (χ0) is 17.3. The molecule has 24 heavy (non-hydrogen) atoms. The molecule has 0 saturated heterocycles. The Morgan fingerprint density at radius 1 is 1.25 bits per heavy atom. The van der Waals surface area contributed by atoms with Crippen molar-refractivity contribution in [1.29, 1.82) is 0 Å². The number of nitrogens with zero attached hydrogens (tertiary/aromatic N) is 2. The summed E-state index contributed by atoms with van der Waals surface area (Å²) in [5, 5.41) is 0. The van der Waals surface area contributed by atoms with E-state index in [9.17, 15) is 0 Å². The number of benzene rings is 1. The zero-order valence-corrected chi connectivity index (χ0v) is 16.2. The second-order valence-corrected chi connectivity index (χ2v) is 8.73. The van der Waals surface area contributed by atoms with E-state index in [-0.39, 0.29) is 0 Å². The fourth-order valence-electron chi connectivity index (χ4n) is 4.12. The predicted molar refractivity (Wildman–Crippen MR) is 106 cm³/mol. The number of para-hydroxylation sites is 1. The van der Waals surface area contributed by atoms with Crippen molar-refractivity contribution in [2.75, 3.05) is 29.6 Å². The maximum atomic E-state index is 2.61. The van der Waals surface area contributed by atoms with Gasteiger partial charge in [0.1, 0.15) is 0 Å². The molecule has 2 aliphatic rings. The van der Waals surface area contributed by atoms with Crippen LogP contribution in [0.5, 0.6) is 0 Å². The molecule has 3 rings (SSSR count). The summed E-state index contributed by atoms with van der Waals surface area (Å²) in [7, 11) is 0. The Kier molecular flexibility index (Phi) is 4.94. The van der Waals surface area contributed by atoms with E-state index < -0.39 is 0 Å². The molecule has 2 heteroatoms. The lowest BCUT2D eigenvalue weighted by atomic mass is 9.78. The van der Waals surface area contributed by atoms with Crippen LogP contribution in [0.3, 0.4) is 0 Å². The first-order valence-electron chi connectivity index (χ1n) is 9.65. The molecule has 1 aromatic rings. The Morgan fingerprint density at radius 3 is 2.79 bits per heavy atom. The minimum absolute atomic E-state index is 0.315. The minimum Gasteiger partial charge on any atom is -0.352 e. The van der Waals surface area contributed by atoms with Crippen molar-refractivity contribution < 1.29 is 0 Å². The molecule has 132 valence electrons. The van der Waals surface area contributed by atoms with E-state index in [1.807, 2.05) is 0 Å². The SMILES string of the molecule is CC(C)=CCCC(C)CCN1CN2CCC(C)(C)c3cccc1c32. The number of hydrogen-bond acceptors (Lipinski definition) is 2. The zero-order valence-electron chi connectivity index (χ0n) is 16.2. The van der Waals surface area contributed by atoms with Crippen molar-refractivity contribution in [3.05, 3.63) is 35.4 Å². The van der Waals surface area contributed by atoms with Crippen LogP contribution in [0.25, 0.3) is 0 Å². The fourth-order valence-corrected chi connectivity index (χ4v) is 4.12. The van der Waals surface area contributed by atoms with Gasteiger partial charge in [-0.05, 0) is 62.5 Å². The molecule has 0 radical (unpaired) electrons. The second kappa shape index (κ2) is 6.82. The highest BCUT2D eigenvalue weighted by Crippen LogP contribution is 2.48. The third kappa shape index (κ3) is 3.48. The third-order valence-corrected chi connectivity index (χ3v) is 5.85. The average molecular weight is 327 g/mol. The standard InChI is InChI=1S/C22H34N2/c1-17(2)8-6-9-18(3)12-14-23-16-24-15-13-22(4,5)19-10-7-11-20(23)21(19)24/h7-8,10-11,18H,6,9,12-16H2,1-5H3. The summed E-state index contributed by atoms with van der Waals surface area (Å²) in [4.78, 5) is 5.21. The summed E-state index contributed by atoms with van der Waals surface area (Å²) >= 11 is 0. The van der Waals surface area contributed by atoms with Gasteiger partial charge in [-0.1, -0.05) is 44.6 Å². The molecule has 1 unspecified atom stereocenters. The van der Waals surface area contributed by atoms with Gasteiger partial charge in [-0.15, -0.1) is 0 Å². The van der Waals surface area contributed by atoms with Crippen LogP contribution in [0.15, 0.2) is 29.8 Å². The molecule has 0 saturated carbocycles. The van der Waals surface area contributed by atoms with Gasteiger partial charge in [0.25, 0.3) is 0 Å². The summed E-state index contributed by atoms with van der Waals surface area (Å²) in [5.41, 5.74) is 6.29. The largest absolute Gasteiger partial charge is 0.352 e. The van der Waals surface area contributed by atoms with E-state index >= 15 is 0 Å². The molecule has 2 aliphatic heterocycles. The molecule has 2 heterocycles. The highest BCUT2D eigenvalue weighted by Gasteiger charge is 2.37. The Balaban J connectivity index is 1.65. The Bertz CT molecular complexity index is 610. The van der Waals surface area contributed by atoms with Gasteiger partial charge in [0, 0.05) is 13.1 Å². The van der Waals surface area contributed by atoms with Gasteiger partial charge in [0.15, 0.2) is 0 Å². The summed E-state index contributed by atoms with van der Waals surface area (Å²) in [6.45, 7) is 15.1. The Hall–Kier alpha value is -1.44. The van der Waals surface area contributed by atoms with E-state index in [0.29, 0.717) is 5.41 Å². The second-order valence-electron chi connectivity index (χ2n) is 8.73. The number of anilines is 2. The summed E-state index contributed by atoms with van der Waals surface area (Å²) in [5.74, 6) is 0.794. The van der Waals surface area contributed by atoms with Crippen molar-refractivity contribution in [2.24, 2.45) is 5.92 Å². The van der Waals surface area contributed by atoms with Crippen molar-refractivity contribution in [3.63, 3.8) is 0 Å². The molecule has 0 aromatic heterocycles. The van der Waals surface area contributed by atoms with Crippen LogP contribution in [-0.2, 0) is 5.41 Å². The van der Waals surface area contributed by atoms with Crippen LogP contribution in [0.1, 0.15) is 65.9 Å². The van der Waals surface area contributed by atoms with Gasteiger partial charge < -0.3 is 9.80 Å². The molecule has 0 spiro atoms. The fraction of sp³-hybridized carbons (Fsp3) is 0.636. The quantitative estimate of drug-likeness (QED) is 0.616. The molecule has 1 atom stereocenters. The van der Waals surface area contributed by atoms with Gasteiger partial charge in [0.2, 0.25) is 0 Å². The van der Waals surface area contributed by atoms with Gasteiger partial charge in [-0.2, -0.15) is 0 Å². The first-order chi connectivity index (χ1) is 11.4. The topological polar surface area (TPSA) is 6.48 Å². The Morgan fingerprint density at radius 2 is 2.04 bits per heavy atom. The molecular formula is C22H34N2. The number of hydrogen-bond donors (Lipinski definition) is 0. The first-order valence-corrected chi connectivity index (χ1v) is 9.65. The van der Waals surface area contributed by atoms with Gasteiger partial charge in [0.05, 0.1) is 18.0 Å². The lowest BCUT2D eigenvalue weighted by molar-refractivity contribution is 0.456. The smallest absolute Gasteiger partial charge is 0.0904 e. The van der Waals surface area contributed by atoms with Crippen LogP contribution < -0.4 is 9.80 Å². The molecule has 0 aliphatic carbocycles. The van der Waals surface area contributed by atoms with Crippen LogP contribution in [0.2, 0.25) is 0 Å². The van der Waals surface area contributed by atoms with Crippen LogP contribution >= 0.6 is 0 Å². The lowest BCUT2D eigenvalue weighted by Gasteiger charge is -2.37. The molecular weight excluding hydrogens is 292 g/mol. The Labute approximate surface area is 148 Å². The van der Waals surface area contributed by atoms with Crippen molar-refractivity contribution >= 4 is 11.4 Å². The maximum Gasteiger partial charge on any atom is 0.0904 e. The minimum atomic E-state index is 0.315. The third-order valence-electron chi connectivity index (χ3n) is 5.85. The van der Waals surface area contributed by atoms with Gasteiger partial charge in [-0.25, -0.2) is 0 Å². The van der Waals surface area contributed by atoms with Crippen molar-refractivity contribution in [1.82, 2.24) is 0 Å². The monoisotopic (exact) mass is 326 g/mol. The van der Waals surface area contributed by atoms with Crippen LogP contribution in [-0.4, -0.2) is 19.8 Å². The molecule has 0 fully saturated rings. The highest BCUT2D eigenvalue weighted by molar-refractivity contribution is 5.81. The van der Waals surface area contributed by atoms with Gasteiger partial charge >= 0.3 is 0 Å². The maximum absolute atomic E-state index is 2.61. The molecule has 1 aromatic carbocycles. The van der Waals surface area contributed by atoms with E-state index in [1.165, 1.54) is 55.7 Å². The average Bonchev–Trinajstić information content (AvgIpc) is 2.88. The lowest BCUT2D eigenvalue weighted by Crippen LogP contribution is -2.38. The van der Waals surface area contributed by atoms with E-state index in [4.69, 9.17) is 0 Å². The first kappa shape index (κ1) is 17.4. The highest BCUT2D eigenvalue weighted by atomic mass is 15.4. The number of allylic oxidation sites excluding steroid dienone is 2. The molecule has 0 N–H and O–H groups in total. The normalized spacial score (nSPS) is 19.2. The molecule has 0 amide bonds. The molecule has 2 nitrogen and oxygen atoms in total.